The third-order valence-electron chi connectivity index (χ3n) is 6.21. The van der Waals surface area contributed by atoms with Crippen LogP contribution < -0.4 is 0 Å². The molecule has 4 rings (SSSR count). The highest BCUT2D eigenvalue weighted by molar-refractivity contribution is 5.92. The number of halogens is 3. The molecule has 1 unspecified atom stereocenters. The molecule has 1 N–H and O–H groups in total. The first kappa shape index (κ1) is 23.7. The molecular formula is C21H25F3N4O4. The number of alkyl halides is 3. The average Bonchev–Trinajstić information content (AvgIpc) is 3.26. The van der Waals surface area contributed by atoms with Crippen LogP contribution in [0.15, 0.2) is 41.4 Å². The number of hydrogen-bond donors (Lipinski definition) is 1. The molecule has 1 spiro atoms. The molecule has 2 fully saturated rings. The van der Waals surface area contributed by atoms with E-state index < -0.39 is 12.1 Å². The van der Waals surface area contributed by atoms with E-state index in [1.807, 2.05) is 17.0 Å². The number of carbonyl (C=O) groups is 2. The molecule has 0 radical (unpaired) electrons. The van der Waals surface area contributed by atoms with E-state index in [0.29, 0.717) is 17.2 Å². The summed E-state index contributed by atoms with van der Waals surface area (Å²) in [7, 11) is 2.19. The van der Waals surface area contributed by atoms with Gasteiger partial charge in [0.1, 0.15) is 11.5 Å². The van der Waals surface area contributed by atoms with Gasteiger partial charge in [0.2, 0.25) is 0 Å². The smallest absolute Gasteiger partial charge is 0.475 e. The summed E-state index contributed by atoms with van der Waals surface area (Å²) in [4.78, 5) is 33.9. The molecule has 0 bridgehead atoms. The fourth-order valence-electron chi connectivity index (χ4n) is 4.44. The van der Waals surface area contributed by atoms with E-state index in [0.717, 1.165) is 38.2 Å². The van der Waals surface area contributed by atoms with Crippen LogP contribution in [0.5, 0.6) is 0 Å². The second kappa shape index (κ2) is 9.68. The Balaban J connectivity index is 0.000000360. The zero-order valence-electron chi connectivity index (χ0n) is 17.6. The molecule has 0 aromatic carbocycles. The lowest BCUT2D eigenvalue weighted by Gasteiger charge is -2.56. The predicted molar refractivity (Wildman–Crippen MR) is 106 cm³/mol. The summed E-state index contributed by atoms with van der Waals surface area (Å²) in [6, 6.07) is 4.55. The van der Waals surface area contributed by atoms with Gasteiger partial charge in [0, 0.05) is 31.5 Å². The normalized spacial score (nSPS) is 19.8. The largest absolute Gasteiger partial charge is 0.490 e. The van der Waals surface area contributed by atoms with Crippen molar-refractivity contribution in [1.29, 1.82) is 0 Å². The van der Waals surface area contributed by atoms with E-state index in [9.17, 15) is 18.0 Å². The molecule has 1 amide bonds. The van der Waals surface area contributed by atoms with Gasteiger partial charge in [-0.2, -0.15) is 13.2 Å². The molecule has 11 heteroatoms. The van der Waals surface area contributed by atoms with E-state index in [4.69, 9.17) is 14.3 Å². The number of furan rings is 1. The van der Waals surface area contributed by atoms with Crippen molar-refractivity contribution >= 4 is 11.9 Å². The molecule has 1 aliphatic heterocycles. The Morgan fingerprint density at radius 2 is 1.97 bits per heavy atom. The topological polar surface area (TPSA) is 99.8 Å². The summed E-state index contributed by atoms with van der Waals surface area (Å²) in [5.74, 6) is -1.74. The van der Waals surface area contributed by atoms with E-state index in [2.05, 4.69) is 21.9 Å². The van der Waals surface area contributed by atoms with Crippen molar-refractivity contribution in [2.45, 2.75) is 44.4 Å². The molecule has 2 aromatic rings. The summed E-state index contributed by atoms with van der Waals surface area (Å²) in [6.45, 7) is 2.46. The molecule has 2 aliphatic rings. The minimum absolute atomic E-state index is 0.00256. The lowest BCUT2D eigenvalue weighted by atomic mass is 9.58. The minimum atomic E-state index is -5.08. The molecule has 8 nitrogen and oxygen atoms in total. The first-order chi connectivity index (χ1) is 15.1. The molecule has 1 aliphatic carbocycles. The number of piperidine rings is 1. The van der Waals surface area contributed by atoms with Crippen molar-refractivity contribution in [3.8, 4) is 0 Å². The molecule has 1 saturated heterocycles. The summed E-state index contributed by atoms with van der Waals surface area (Å²) in [5.41, 5.74) is 0.791. The van der Waals surface area contributed by atoms with E-state index >= 15 is 0 Å². The van der Waals surface area contributed by atoms with Crippen LogP contribution in [0, 0.1) is 5.41 Å². The average molecular weight is 454 g/mol. The molecule has 1 saturated carbocycles. The number of likely N-dealkylation sites (tertiary alicyclic amines) is 1. The van der Waals surface area contributed by atoms with Gasteiger partial charge >= 0.3 is 12.1 Å². The maximum absolute atomic E-state index is 12.5. The summed E-state index contributed by atoms with van der Waals surface area (Å²) < 4.78 is 37.2. The number of carboxylic acids is 1. The van der Waals surface area contributed by atoms with Gasteiger partial charge < -0.3 is 14.4 Å². The SMILES string of the molecule is CN(Cc1ccco1)C1CCC12CCN(C(=O)c1cnccn1)CC2.O=C(O)C(F)(F)F. The fraction of sp³-hybridized carbons (Fsp3) is 0.524. The van der Waals surface area contributed by atoms with Gasteiger partial charge in [-0.15, -0.1) is 0 Å². The van der Waals surface area contributed by atoms with Crippen LogP contribution in [0.1, 0.15) is 41.9 Å². The fourth-order valence-corrected chi connectivity index (χ4v) is 4.44. The van der Waals surface area contributed by atoms with Crippen molar-refractivity contribution in [3.63, 3.8) is 0 Å². The highest BCUT2D eigenvalue weighted by Gasteiger charge is 2.50. The molecule has 2 aromatic heterocycles. The van der Waals surface area contributed by atoms with Crippen LogP contribution in [0.3, 0.4) is 0 Å². The van der Waals surface area contributed by atoms with Crippen molar-refractivity contribution in [1.82, 2.24) is 19.8 Å². The molecule has 3 heterocycles. The number of aliphatic carboxylic acids is 1. The van der Waals surface area contributed by atoms with Crippen LogP contribution in [-0.4, -0.2) is 69.1 Å². The van der Waals surface area contributed by atoms with Crippen molar-refractivity contribution in [2.24, 2.45) is 5.41 Å². The van der Waals surface area contributed by atoms with Gasteiger partial charge in [-0.3, -0.25) is 14.7 Å². The summed E-state index contributed by atoms with van der Waals surface area (Å²) >= 11 is 0. The molecule has 174 valence electrons. The number of rotatable bonds is 4. The predicted octanol–water partition coefficient (Wildman–Crippen LogP) is 3.22. The number of carboxylic acid groups (broad SMARTS) is 1. The highest BCUT2D eigenvalue weighted by atomic mass is 19.4. The number of nitrogens with zero attached hydrogens (tertiary/aromatic N) is 4. The second-order valence-corrected chi connectivity index (χ2v) is 8.10. The Labute approximate surface area is 183 Å². The van der Waals surface area contributed by atoms with Crippen LogP contribution in [-0.2, 0) is 11.3 Å². The lowest BCUT2D eigenvalue weighted by molar-refractivity contribution is -0.192. The highest BCUT2D eigenvalue weighted by Crippen LogP contribution is 2.51. The third kappa shape index (κ3) is 5.45. The Hall–Kier alpha value is -2.95. The third-order valence-corrected chi connectivity index (χ3v) is 6.21. The van der Waals surface area contributed by atoms with Crippen molar-refractivity contribution in [3.05, 3.63) is 48.4 Å². The first-order valence-corrected chi connectivity index (χ1v) is 10.2. The Morgan fingerprint density at radius 3 is 2.44 bits per heavy atom. The van der Waals surface area contributed by atoms with Gasteiger partial charge in [0.05, 0.1) is 19.0 Å². The van der Waals surface area contributed by atoms with Gasteiger partial charge in [0.25, 0.3) is 5.91 Å². The van der Waals surface area contributed by atoms with Gasteiger partial charge in [0.15, 0.2) is 0 Å². The van der Waals surface area contributed by atoms with Crippen molar-refractivity contribution < 1.29 is 32.3 Å². The monoisotopic (exact) mass is 454 g/mol. The molecule has 32 heavy (non-hydrogen) atoms. The van der Waals surface area contributed by atoms with Crippen LogP contribution in [0.25, 0.3) is 0 Å². The second-order valence-electron chi connectivity index (χ2n) is 8.10. The molecular weight excluding hydrogens is 429 g/mol. The Bertz CT molecular complexity index is 898. The minimum Gasteiger partial charge on any atom is -0.475 e. The number of aromatic nitrogens is 2. The van der Waals surface area contributed by atoms with E-state index in [1.165, 1.54) is 12.8 Å². The van der Waals surface area contributed by atoms with E-state index in [-0.39, 0.29) is 5.91 Å². The van der Waals surface area contributed by atoms with Crippen LogP contribution >= 0.6 is 0 Å². The van der Waals surface area contributed by atoms with Gasteiger partial charge in [-0.05, 0) is 50.3 Å². The maximum atomic E-state index is 12.5. The zero-order valence-corrected chi connectivity index (χ0v) is 17.6. The molecule has 1 atom stereocenters. The maximum Gasteiger partial charge on any atom is 0.490 e. The Morgan fingerprint density at radius 1 is 1.28 bits per heavy atom. The standard InChI is InChI=1S/C19H24N4O2.C2HF3O2/c1-22(14-15-3-2-12-25-15)17-4-5-19(17)6-10-23(11-7-19)18(24)16-13-20-8-9-21-16;3-2(4,5)1(6)7/h2-3,8-9,12-13,17H,4-7,10-11,14H2,1H3;(H,6,7). The van der Waals surface area contributed by atoms with Gasteiger partial charge in [-0.25, -0.2) is 9.78 Å². The number of amides is 1. The summed E-state index contributed by atoms with van der Waals surface area (Å²) in [6.07, 6.45) is 5.98. The first-order valence-electron chi connectivity index (χ1n) is 10.2. The van der Waals surface area contributed by atoms with Crippen LogP contribution in [0.2, 0.25) is 0 Å². The Kier molecular flexibility index (Phi) is 7.17. The van der Waals surface area contributed by atoms with Crippen molar-refractivity contribution in [2.75, 3.05) is 20.1 Å². The quantitative estimate of drug-likeness (QED) is 0.757. The lowest BCUT2D eigenvalue weighted by Crippen LogP contribution is -2.58. The number of hydrogen-bond acceptors (Lipinski definition) is 6. The van der Waals surface area contributed by atoms with Crippen LogP contribution in [0.4, 0.5) is 13.2 Å². The summed E-state index contributed by atoms with van der Waals surface area (Å²) in [5, 5.41) is 7.12. The van der Waals surface area contributed by atoms with Gasteiger partial charge in [-0.1, -0.05) is 0 Å². The van der Waals surface area contributed by atoms with E-state index in [1.54, 1.807) is 24.9 Å². The number of carbonyl (C=O) groups excluding carboxylic acids is 1. The zero-order chi connectivity index (χ0) is 23.4.